The largest absolute Gasteiger partial charge is 0.460 e. The molecular formula is C22H42O5. The van der Waals surface area contributed by atoms with Gasteiger partial charge >= 0.3 is 11.9 Å². The number of hydrogen-bond acceptors (Lipinski definition) is 5. The molecule has 5 nitrogen and oxygen atoms in total. The Hall–Kier alpha value is -1.10. The first-order valence-corrected chi connectivity index (χ1v) is 11.0. The second kappa shape index (κ2) is 18.3. The Morgan fingerprint density at radius 2 is 1.00 bits per heavy atom. The molecule has 2 atom stereocenters. The van der Waals surface area contributed by atoms with Gasteiger partial charge < -0.3 is 14.2 Å². The van der Waals surface area contributed by atoms with Gasteiger partial charge in [0.05, 0.1) is 13.2 Å². The fourth-order valence-electron chi connectivity index (χ4n) is 2.78. The van der Waals surface area contributed by atoms with Crippen molar-refractivity contribution >= 4 is 11.9 Å². The number of ether oxygens (including phenoxy) is 3. The van der Waals surface area contributed by atoms with E-state index < -0.39 is 0 Å². The minimum atomic E-state index is -0.283. The molecule has 0 amide bonds. The molecule has 0 aliphatic rings. The van der Waals surface area contributed by atoms with E-state index in [1.807, 2.05) is 13.8 Å². The summed E-state index contributed by atoms with van der Waals surface area (Å²) in [6.07, 6.45) is 11.5. The average molecular weight is 387 g/mol. The number of hydrogen-bond donors (Lipinski definition) is 0. The molecule has 27 heavy (non-hydrogen) atoms. The van der Waals surface area contributed by atoms with Gasteiger partial charge in [0.25, 0.3) is 0 Å². The van der Waals surface area contributed by atoms with Crippen LogP contribution in [0.15, 0.2) is 0 Å². The third kappa shape index (κ3) is 18.0. The molecule has 0 saturated heterocycles. The van der Waals surface area contributed by atoms with E-state index in [1.165, 1.54) is 38.5 Å². The molecule has 0 aromatic carbocycles. The smallest absolute Gasteiger partial charge is 0.306 e. The molecule has 0 rings (SSSR count). The number of rotatable bonds is 18. The monoisotopic (exact) mass is 386 g/mol. The minimum Gasteiger partial charge on any atom is -0.460 e. The van der Waals surface area contributed by atoms with Crippen LogP contribution >= 0.6 is 0 Å². The lowest BCUT2D eigenvalue weighted by atomic mass is 10.1. The summed E-state index contributed by atoms with van der Waals surface area (Å²) in [6.45, 7) is 8.63. The van der Waals surface area contributed by atoms with Gasteiger partial charge in [-0.2, -0.15) is 0 Å². The predicted octanol–water partition coefficient (Wildman–Crippen LogP) is 5.59. The lowest BCUT2D eigenvalue weighted by molar-refractivity contribution is -0.154. The second-order valence-electron chi connectivity index (χ2n) is 7.47. The van der Waals surface area contributed by atoms with Crippen LogP contribution in [0.5, 0.6) is 0 Å². The van der Waals surface area contributed by atoms with Gasteiger partial charge in [0.15, 0.2) is 0 Å². The SMILES string of the molecule is CCCCCCCC(=O)OC(C)COCC(C)OC(=O)CCCCCCC. The third-order valence-electron chi connectivity index (χ3n) is 4.34. The van der Waals surface area contributed by atoms with Gasteiger partial charge in [-0.3, -0.25) is 9.59 Å². The third-order valence-corrected chi connectivity index (χ3v) is 4.34. The number of unbranched alkanes of at least 4 members (excludes halogenated alkanes) is 8. The first kappa shape index (κ1) is 25.9. The van der Waals surface area contributed by atoms with Crippen LogP contribution in [0.3, 0.4) is 0 Å². The Labute approximate surface area is 166 Å². The van der Waals surface area contributed by atoms with Crippen molar-refractivity contribution in [3.63, 3.8) is 0 Å². The highest BCUT2D eigenvalue weighted by Crippen LogP contribution is 2.08. The summed E-state index contributed by atoms with van der Waals surface area (Å²) >= 11 is 0. The zero-order valence-electron chi connectivity index (χ0n) is 18.1. The summed E-state index contributed by atoms with van der Waals surface area (Å²) in [5.74, 6) is -0.324. The molecule has 0 bridgehead atoms. The molecule has 0 aliphatic heterocycles. The van der Waals surface area contributed by atoms with Crippen molar-refractivity contribution in [2.75, 3.05) is 13.2 Å². The summed E-state index contributed by atoms with van der Waals surface area (Å²) in [5, 5.41) is 0. The molecule has 0 fully saturated rings. The maximum Gasteiger partial charge on any atom is 0.306 e. The van der Waals surface area contributed by atoms with Gasteiger partial charge in [0, 0.05) is 12.8 Å². The molecule has 0 aromatic rings. The number of carbonyl (C=O) groups excluding carboxylic acids is 2. The van der Waals surface area contributed by atoms with Crippen LogP contribution in [0.2, 0.25) is 0 Å². The van der Waals surface area contributed by atoms with Crippen molar-refractivity contribution in [3.8, 4) is 0 Å². The van der Waals surface area contributed by atoms with Crippen molar-refractivity contribution in [3.05, 3.63) is 0 Å². The molecule has 2 unspecified atom stereocenters. The van der Waals surface area contributed by atoms with Crippen molar-refractivity contribution in [1.82, 2.24) is 0 Å². The topological polar surface area (TPSA) is 61.8 Å². The Kier molecular flexibility index (Phi) is 17.5. The van der Waals surface area contributed by atoms with Gasteiger partial charge in [-0.05, 0) is 26.7 Å². The highest BCUT2D eigenvalue weighted by molar-refractivity contribution is 5.69. The fraction of sp³-hybridized carbons (Fsp3) is 0.909. The highest BCUT2D eigenvalue weighted by Gasteiger charge is 2.13. The lowest BCUT2D eigenvalue weighted by Gasteiger charge is -2.17. The van der Waals surface area contributed by atoms with E-state index in [2.05, 4.69) is 13.8 Å². The Bertz CT molecular complexity index is 336. The molecule has 0 heterocycles. The molecular weight excluding hydrogens is 344 g/mol. The summed E-state index contributed by atoms with van der Waals surface area (Å²) in [5.41, 5.74) is 0. The van der Waals surface area contributed by atoms with E-state index >= 15 is 0 Å². The van der Waals surface area contributed by atoms with E-state index in [0.29, 0.717) is 26.1 Å². The van der Waals surface area contributed by atoms with Crippen LogP contribution < -0.4 is 0 Å². The van der Waals surface area contributed by atoms with Gasteiger partial charge in [0.2, 0.25) is 0 Å². The summed E-state index contributed by atoms with van der Waals surface area (Å²) in [6, 6.07) is 0. The minimum absolute atomic E-state index is 0.162. The molecule has 0 radical (unpaired) electrons. The fourth-order valence-corrected chi connectivity index (χ4v) is 2.78. The van der Waals surface area contributed by atoms with Crippen LogP contribution in [-0.4, -0.2) is 37.4 Å². The zero-order valence-corrected chi connectivity index (χ0v) is 18.1. The average Bonchev–Trinajstić information content (AvgIpc) is 2.61. The van der Waals surface area contributed by atoms with Crippen molar-refractivity contribution in [1.29, 1.82) is 0 Å². The van der Waals surface area contributed by atoms with Gasteiger partial charge in [-0.1, -0.05) is 65.2 Å². The normalized spacial score (nSPS) is 13.2. The van der Waals surface area contributed by atoms with E-state index in [9.17, 15) is 9.59 Å². The quantitative estimate of drug-likeness (QED) is 0.227. The molecule has 0 spiro atoms. The molecule has 0 aromatic heterocycles. The number of esters is 2. The zero-order chi connectivity index (χ0) is 20.3. The standard InChI is InChI=1S/C22H42O5/c1-5-7-9-11-13-15-21(23)26-19(3)17-25-18-20(4)27-22(24)16-14-12-10-8-6-2/h19-20H,5-18H2,1-4H3. The first-order valence-electron chi connectivity index (χ1n) is 11.0. The maximum atomic E-state index is 11.7. The maximum absolute atomic E-state index is 11.7. The van der Waals surface area contributed by atoms with Crippen molar-refractivity contribution in [2.45, 2.75) is 117 Å². The summed E-state index contributed by atoms with van der Waals surface area (Å²) in [7, 11) is 0. The predicted molar refractivity (Wildman–Crippen MR) is 109 cm³/mol. The molecule has 160 valence electrons. The summed E-state index contributed by atoms with van der Waals surface area (Å²) < 4.78 is 16.2. The molecule has 0 aliphatic carbocycles. The molecule has 5 heteroatoms. The Morgan fingerprint density at radius 1 is 0.630 bits per heavy atom. The second-order valence-corrected chi connectivity index (χ2v) is 7.47. The van der Waals surface area contributed by atoms with Crippen LogP contribution in [0.1, 0.15) is 105 Å². The van der Waals surface area contributed by atoms with Gasteiger partial charge in [-0.25, -0.2) is 0 Å². The highest BCUT2D eigenvalue weighted by atomic mass is 16.6. The van der Waals surface area contributed by atoms with E-state index in [4.69, 9.17) is 14.2 Å². The van der Waals surface area contributed by atoms with Gasteiger partial charge in [-0.15, -0.1) is 0 Å². The van der Waals surface area contributed by atoms with Crippen LogP contribution in [0.25, 0.3) is 0 Å². The lowest BCUT2D eigenvalue weighted by Crippen LogP contribution is -2.25. The van der Waals surface area contributed by atoms with Crippen molar-refractivity contribution < 1.29 is 23.8 Å². The van der Waals surface area contributed by atoms with Crippen LogP contribution in [0.4, 0.5) is 0 Å². The molecule has 0 saturated carbocycles. The van der Waals surface area contributed by atoms with E-state index in [-0.39, 0.29) is 24.1 Å². The van der Waals surface area contributed by atoms with Crippen molar-refractivity contribution in [2.24, 2.45) is 0 Å². The van der Waals surface area contributed by atoms with E-state index in [1.54, 1.807) is 0 Å². The molecule has 0 N–H and O–H groups in total. The van der Waals surface area contributed by atoms with Crippen LogP contribution in [-0.2, 0) is 23.8 Å². The Morgan fingerprint density at radius 3 is 1.37 bits per heavy atom. The number of carbonyl (C=O) groups is 2. The van der Waals surface area contributed by atoms with E-state index in [0.717, 1.165) is 25.7 Å². The Balaban J connectivity index is 3.64. The van der Waals surface area contributed by atoms with Crippen LogP contribution in [0, 0.1) is 0 Å². The first-order chi connectivity index (χ1) is 13.0. The van der Waals surface area contributed by atoms with Gasteiger partial charge in [0.1, 0.15) is 12.2 Å². The summed E-state index contributed by atoms with van der Waals surface area (Å²) in [4.78, 5) is 23.5.